The number of nitro benzene ring substituents is 1. The number of nitrogens with one attached hydrogen (secondary N) is 2. The summed E-state index contributed by atoms with van der Waals surface area (Å²) in [4.78, 5) is 22.8. The predicted octanol–water partition coefficient (Wildman–Crippen LogP) is 4.16. The van der Waals surface area contributed by atoms with Crippen LogP contribution in [-0.4, -0.2) is 17.4 Å². The van der Waals surface area contributed by atoms with Gasteiger partial charge in [-0.2, -0.15) is 0 Å². The number of hydrogen-bond acceptors (Lipinski definition) is 4. The molecule has 0 spiro atoms. The molecule has 0 radical (unpaired) electrons. The van der Waals surface area contributed by atoms with Gasteiger partial charge in [-0.15, -0.1) is 0 Å². The van der Waals surface area contributed by atoms with Crippen LogP contribution in [0.2, 0.25) is 0 Å². The molecule has 1 amide bonds. The molecule has 0 aromatic heterocycles. The zero-order chi connectivity index (χ0) is 18.2. The van der Waals surface area contributed by atoms with E-state index in [9.17, 15) is 14.9 Å². The summed E-state index contributed by atoms with van der Waals surface area (Å²) in [6, 6.07) is 12.4. The molecule has 0 fully saturated rings. The largest absolute Gasteiger partial charge is 0.379 e. The van der Waals surface area contributed by atoms with Gasteiger partial charge in [-0.1, -0.05) is 44.2 Å². The molecule has 2 aromatic rings. The lowest BCUT2D eigenvalue weighted by molar-refractivity contribution is -0.384. The van der Waals surface area contributed by atoms with Crippen molar-refractivity contribution in [2.45, 2.75) is 33.1 Å². The van der Waals surface area contributed by atoms with Gasteiger partial charge in [-0.25, -0.2) is 0 Å². The lowest BCUT2D eigenvalue weighted by Crippen LogP contribution is -2.18. The van der Waals surface area contributed by atoms with Crippen molar-refractivity contribution in [2.24, 2.45) is 0 Å². The minimum atomic E-state index is -0.437. The highest BCUT2D eigenvalue weighted by molar-refractivity contribution is 5.92. The van der Waals surface area contributed by atoms with Crippen molar-refractivity contribution < 1.29 is 9.72 Å². The second-order valence-corrected chi connectivity index (χ2v) is 5.66. The van der Waals surface area contributed by atoms with E-state index in [0.29, 0.717) is 12.2 Å². The second-order valence-electron chi connectivity index (χ2n) is 5.66. The minimum absolute atomic E-state index is 0.00695. The Morgan fingerprint density at radius 2 is 1.68 bits per heavy atom. The first-order valence-electron chi connectivity index (χ1n) is 8.44. The van der Waals surface area contributed by atoms with Crippen molar-refractivity contribution in [3.63, 3.8) is 0 Å². The molecule has 2 aromatic carbocycles. The lowest BCUT2D eigenvalue weighted by Gasteiger charge is -2.14. The van der Waals surface area contributed by atoms with Gasteiger partial charge in [0.25, 0.3) is 5.69 Å². The normalized spacial score (nSPS) is 10.3. The molecule has 0 bridgehead atoms. The first kappa shape index (κ1) is 18.4. The highest BCUT2D eigenvalue weighted by Crippen LogP contribution is 2.24. The standard InChI is InChI=1S/C19H23N3O3/c1-3-14-8-7-9-15(4-2)19(14)21-18(23)12-13-20-16-10-5-6-11-17(16)22(24)25/h5-11,20H,3-4,12-13H2,1-2H3,(H,21,23). The van der Waals surface area contributed by atoms with Crippen LogP contribution in [0.1, 0.15) is 31.4 Å². The van der Waals surface area contributed by atoms with Gasteiger partial charge in [0.05, 0.1) is 4.92 Å². The number of amides is 1. The van der Waals surface area contributed by atoms with Crippen molar-refractivity contribution in [1.82, 2.24) is 0 Å². The van der Waals surface area contributed by atoms with Crippen molar-refractivity contribution in [1.29, 1.82) is 0 Å². The van der Waals surface area contributed by atoms with E-state index in [2.05, 4.69) is 24.5 Å². The van der Waals surface area contributed by atoms with Crippen LogP contribution in [-0.2, 0) is 17.6 Å². The maximum absolute atomic E-state index is 12.3. The maximum Gasteiger partial charge on any atom is 0.292 e. The molecule has 0 heterocycles. The first-order chi connectivity index (χ1) is 12.1. The number of rotatable bonds is 8. The summed E-state index contributed by atoms with van der Waals surface area (Å²) in [5, 5.41) is 16.9. The molecule has 0 aliphatic carbocycles. The van der Waals surface area contributed by atoms with E-state index in [1.54, 1.807) is 18.2 Å². The number of nitro groups is 1. The molecule has 2 rings (SSSR count). The summed E-state index contributed by atoms with van der Waals surface area (Å²) in [6.07, 6.45) is 1.92. The molecule has 0 aliphatic rings. The average Bonchev–Trinajstić information content (AvgIpc) is 2.62. The summed E-state index contributed by atoms with van der Waals surface area (Å²) in [5.41, 5.74) is 3.54. The van der Waals surface area contributed by atoms with Gasteiger partial charge in [0.1, 0.15) is 5.69 Å². The molecular formula is C19H23N3O3. The third-order valence-electron chi connectivity index (χ3n) is 4.03. The number of carbonyl (C=O) groups is 1. The Kier molecular flexibility index (Phi) is 6.51. The Hall–Kier alpha value is -2.89. The molecule has 6 heteroatoms. The SMILES string of the molecule is CCc1cccc(CC)c1NC(=O)CCNc1ccccc1[N+](=O)[O-]. The van der Waals surface area contributed by atoms with Gasteiger partial charge in [-0.05, 0) is 30.0 Å². The number of hydrogen-bond donors (Lipinski definition) is 2. The maximum atomic E-state index is 12.3. The smallest absolute Gasteiger partial charge is 0.292 e. The van der Waals surface area contributed by atoms with E-state index < -0.39 is 4.92 Å². The molecule has 2 N–H and O–H groups in total. The number of para-hydroxylation sites is 3. The van der Waals surface area contributed by atoms with Crippen molar-refractivity contribution in [3.05, 3.63) is 63.7 Å². The Labute approximate surface area is 147 Å². The van der Waals surface area contributed by atoms with E-state index >= 15 is 0 Å². The molecule has 0 atom stereocenters. The third-order valence-corrected chi connectivity index (χ3v) is 4.03. The number of anilines is 2. The topological polar surface area (TPSA) is 84.3 Å². The Morgan fingerprint density at radius 1 is 1.04 bits per heavy atom. The molecular weight excluding hydrogens is 318 g/mol. The number of aryl methyl sites for hydroxylation is 2. The highest BCUT2D eigenvalue weighted by Gasteiger charge is 2.13. The van der Waals surface area contributed by atoms with Crippen molar-refractivity contribution in [3.8, 4) is 0 Å². The van der Waals surface area contributed by atoms with Crippen molar-refractivity contribution >= 4 is 23.0 Å². The Morgan fingerprint density at radius 3 is 2.28 bits per heavy atom. The van der Waals surface area contributed by atoms with Crippen molar-refractivity contribution in [2.75, 3.05) is 17.2 Å². The fourth-order valence-corrected chi connectivity index (χ4v) is 2.70. The van der Waals surface area contributed by atoms with E-state index in [4.69, 9.17) is 0 Å². The van der Waals surface area contributed by atoms with E-state index in [1.165, 1.54) is 6.07 Å². The number of benzene rings is 2. The molecule has 0 unspecified atom stereocenters. The van der Waals surface area contributed by atoms with Crippen LogP contribution in [0.3, 0.4) is 0 Å². The van der Waals surface area contributed by atoms with Crippen LogP contribution >= 0.6 is 0 Å². The van der Waals surface area contributed by atoms with E-state index in [1.807, 2.05) is 18.2 Å². The van der Waals surface area contributed by atoms with Crippen LogP contribution in [0.15, 0.2) is 42.5 Å². The Balaban J connectivity index is 1.98. The summed E-state index contributed by atoms with van der Waals surface area (Å²) in [7, 11) is 0. The van der Waals surface area contributed by atoms with Crippen LogP contribution < -0.4 is 10.6 Å². The van der Waals surface area contributed by atoms with Gasteiger partial charge in [0, 0.05) is 24.7 Å². The second kappa shape index (κ2) is 8.82. The molecule has 0 aliphatic heterocycles. The zero-order valence-electron chi connectivity index (χ0n) is 14.5. The van der Waals surface area contributed by atoms with Crippen LogP contribution in [0.5, 0.6) is 0 Å². The van der Waals surface area contributed by atoms with E-state index in [-0.39, 0.29) is 18.0 Å². The quantitative estimate of drug-likeness (QED) is 0.558. The zero-order valence-corrected chi connectivity index (χ0v) is 14.5. The highest BCUT2D eigenvalue weighted by atomic mass is 16.6. The fourth-order valence-electron chi connectivity index (χ4n) is 2.70. The average molecular weight is 341 g/mol. The summed E-state index contributed by atoms with van der Waals surface area (Å²) < 4.78 is 0. The predicted molar refractivity (Wildman–Crippen MR) is 100 cm³/mol. The van der Waals surface area contributed by atoms with Crippen LogP contribution in [0.25, 0.3) is 0 Å². The van der Waals surface area contributed by atoms with Crippen LogP contribution in [0, 0.1) is 10.1 Å². The number of carbonyl (C=O) groups excluding carboxylic acids is 1. The lowest BCUT2D eigenvalue weighted by atomic mass is 10.0. The van der Waals surface area contributed by atoms with Gasteiger partial charge in [0.15, 0.2) is 0 Å². The Bertz CT molecular complexity index is 737. The monoisotopic (exact) mass is 341 g/mol. The molecule has 6 nitrogen and oxygen atoms in total. The van der Waals surface area contributed by atoms with Gasteiger partial charge < -0.3 is 10.6 Å². The molecule has 25 heavy (non-hydrogen) atoms. The van der Waals surface area contributed by atoms with E-state index in [0.717, 1.165) is 29.7 Å². The molecule has 0 saturated heterocycles. The minimum Gasteiger partial charge on any atom is -0.379 e. The molecule has 0 saturated carbocycles. The fraction of sp³-hybridized carbons (Fsp3) is 0.316. The number of nitrogens with zero attached hydrogens (tertiary/aromatic N) is 1. The van der Waals surface area contributed by atoms with Gasteiger partial charge >= 0.3 is 0 Å². The van der Waals surface area contributed by atoms with Gasteiger partial charge in [-0.3, -0.25) is 14.9 Å². The summed E-state index contributed by atoms with van der Waals surface area (Å²) >= 11 is 0. The van der Waals surface area contributed by atoms with Gasteiger partial charge in [0.2, 0.25) is 5.91 Å². The third kappa shape index (κ3) is 4.79. The first-order valence-corrected chi connectivity index (χ1v) is 8.44. The summed E-state index contributed by atoms with van der Waals surface area (Å²) in [6.45, 7) is 4.44. The van der Waals surface area contributed by atoms with Crippen LogP contribution in [0.4, 0.5) is 17.1 Å². The summed E-state index contributed by atoms with van der Waals surface area (Å²) in [5.74, 6) is -0.110. The molecule has 132 valence electrons.